The van der Waals surface area contributed by atoms with Gasteiger partial charge in [-0.3, -0.25) is 14.9 Å². The molecule has 0 unspecified atom stereocenters. The first kappa shape index (κ1) is 19.8. The number of carbonyl (C=O) groups excluding carboxylic acids is 1. The van der Waals surface area contributed by atoms with E-state index in [1.165, 1.54) is 25.5 Å². The van der Waals surface area contributed by atoms with Gasteiger partial charge in [0.25, 0.3) is 5.91 Å². The molecule has 0 atom stereocenters. The minimum atomic E-state index is -0.532. The van der Waals surface area contributed by atoms with Crippen molar-refractivity contribution in [3.05, 3.63) is 106 Å². The molecule has 0 heterocycles. The molecule has 3 aromatic carbocycles. The van der Waals surface area contributed by atoms with Crippen LogP contribution in [0.5, 0.6) is 5.75 Å². The maximum Gasteiger partial charge on any atom is 0.311 e. The lowest BCUT2D eigenvalue weighted by molar-refractivity contribution is -0.385. The highest BCUT2D eigenvalue weighted by molar-refractivity contribution is 5.89. The first-order valence-electron chi connectivity index (χ1n) is 8.85. The van der Waals surface area contributed by atoms with E-state index in [1.54, 1.807) is 6.07 Å². The van der Waals surface area contributed by atoms with Gasteiger partial charge in [-0.1, -0.05) is 60.7 Å². The summed E-state index contributed by atoms with van der Waals surface area (Å²) in [6.07, 6.45) is 1.36. The van der Waals surface area contributed by atoms with E-state index in [2.05, 4.69) is 10.5 Å². The zero-order chi connectivity index (χ0) is 20.6. The third kappa shape index (κ3) is 4.84. The molecular formula is C22H19N3O4. The zero-order valence-electron chi connectivity index (χ0n) is 15.7. The number of hydrogen-bond acceptors (Lipinski definition) is 5. The fourth-order valence-electron chi connectivity index (χ4n) is 2.95. The van der Waals surface area contributed by atoms with Crippen LogP contribution in [0.1, 0.15) is 22.6 Å². The van der Waals surface area contributed by atoms with E-state index >= 15 is 0 Å². The third-order valence-electron chi connectivity index (χ3n) is 4.32. The zero-order valence-corrected chi connectivity index (χ0v) is 15.7. The van der Waals surface area contributed by atoms with E-state index in [-0.39, 0.29) is 17.3 Å². The lowest BCUT2D eigenvalue weighted by Crippen LogP contribution is -2.26. The van der Waals surface area contributed by atoms with Gasteiger partial charge in [-0.15, -0.1) is 0 Å². The maximum absolute atomic E-state index is 12.9. The Balaban J connectivity index is 1.80. The van der Waals surface area contributed by atoms with Gasteiger partial charge in [-0.05, 0) is 23.3 Å². The van der Waals surface area contributed by atoms with E-state index < -0.39 is 10.8 Å². The second-order valence-electron chi connectivity index (χ2n) is 6.18. The lowest BCUT2D eigenvalue weighted by Gasteiger charge is -2.16. The van der Waals surface area contributed by atoms with Gasteiger partial charge in [0.2, 0.25) is 0 Å². The molecule has 0 spiro atoms. The summed E-state index contributed by atoms with van der Waals surface area (Å²) in [7, 11) is 1.36. The Hall–Kier alpha value is -4.00. The fraction of sp³-hybridized carbons (Fsp3) is 0.0909. The molecule has 0 bridgehead atoms. The van der Waals surface area contributed by atoms with Crippen LogP contribution in [0.25, 0.3) is 0 Å². The van der Waals surface area contributed by atoms with Gasteiger partial charge in [-0.2, -0.15) is 5.10 Å². The van der Waals surface area contributed by atoms with Crippen LogP contribution in [0.15, 0.2) is 84.0 Å². The first-order valence-corrected chi connectivity index (χ1v) is 8.85. The number of nitrogens with zero attached hydrogens (tertiary/aromatic N) is 2. The predicted octanol–water partition coefficient (Wildman–Crippen LogP) is 3.89. The van der Waals surface area contributed by atoms with Crippen LogP contribution in [0.4, 0.5) is 5.69 Å². The number of methoxy groups -OCH3 is 1. The molecule has 1 amide bonds. The molecule has 1 N–H and O–H groups in total. The number of carbonyl (C=O) groups is 1. The number of amides is 1. The summed E-state index contributed by atoms with van der Waals surface area (Å²) in [5.41, 5.74) is 4.51. The van der Waals surface area contributed by atoms with Crippen LogP contribution >= 0.6 is 0 Å². The maximum atomic E-state index is 12.9. The van der Waals surface area contributed by atoms with E-state index in [0.29, 0.717) is 5.56 Å². The Morgan fingerprint density at radius 2 is 1.62 bits per heavy atom. The summed E-state index contributed by atoms with van der Waals surface area (Å²) in [4.78, 5) is 23.5. The highest BCUT2D eigenvalue weighted by Crippen LogP contribution is 2.27. The van der Waals surface area contributed by atoms with Crippen LogP contribution in [0.2, 0.25) is 0 Å². The predicted molar refractivity (Wildman–Crippen MR) is 110 cm³/mol. The van der Waals surface area contributed by atoms with Crippen LogP contribution in [-0.4, -0.2) is 24.2 Å². The SMILES string of the molecule is COc1ccc(/C=N/NC(=O)C(c2ccccc2)c2ccccc2)cc1[N+](=O)[O-]. The topological polar surface area (TPSA) is 93.8 Å². The van der Waals surface area contributed by atoms with Gasteiger partial charge >= 0.3 is 5.69 Å². The van der Waals surface area contributed by atoms with E-state index in [0.717, 1.165) is 11.1 Å². The monoisotopic (exact) mass is 389 g/mol. The molecule has 0 aliphatic heterocycles. The Labute approximate surface area is 167 Å². The van der Waals surface area contributed by atoms with Gasteiger partial charge in [0.1, 0.15) is 0 Å². The molecule has 7 nitrogen and oxygen atoms in total. The van der Waals surface area contributed by atoms with Gasteiger partial charge < -0.3 is 4.74 Å². The molecule has 3 rings (SSSR count). The smallest absolute Gasteiger partial charge is 0.311 e. The molecule has 0 aromatic heterocycles. The van der Waals surface area contributed by atoms with Gasteiger partial charge in [0.15, 0.2) is 5.75 Å². The number of hydrogen-bond donors (Lipinski definition) is 1. The van der Waals surface area contributed by atoms with Crippen molar-refractivity contribution < 1.29 is 14.5 Å². The summed E-state index contributed by atoms with van der Waals surface area (Å²) >= 11 is 0. The molecule has 0 aliphatic carbocycles. The Morgan fingerprint density at radius 3 is 2.14 bits per heavy atom. The molecule has 0 fully saturated rings. The average molecular weight is 389 g/mol. The first-order chi connectivity index (χ1) is 14.1. The van der Waals surface area contributed by atoms with Gasteiger partial charge in [-0.25, -0.2) is 5.43 Å². The molecule has 7 heteroatoms. The summed E-state index contributed by atoms with van der Waals surface area (Å²) in [5.74, 6) is -0.675. The number of nitro benzene ring substituents is 1. The van der Waals surface area contributed by atoms with Crippen molar-refractivity contribution in [3.63, 3.8) is 0 Å². The second kappa shape index (κ2) is 9.27. The van der Waals surface area contributed by atoms with Crippen molar-refractivity contribution in [1.82, 2.24) is 5.43 Å². The normalized spacial score (nSPS) is 10.8. The number of rotatable bonds is 7. The standard InChI is InChI=1S/C22H19N3O4/c1-29-20-13-12-16(14-19(20)25(27)28)15-23-24-22(26)21(17-8-4-2-5-9-17)18-10-6-3-7-11-18/h2-15,21H,1H3,(H,24,26)/b23-15+. The summed E-state index contributed by atoms with van der Waals surface area (Å²) in [6, 6.07) is 23.2. The minimum absolute atomic E-state index is 0.157. The number of nitro groups is 1. The van der Waals surface area contributed by atoms with Crippen molar-refractivity contribution in [2.45, 2.75) is 5.92 Å². The Bertz CT molecular complexity index is 981. The average Bonchev–Trinajstić information content (AvgIpc) is 2.75. The van der Waals surface area contributed by atoms with E-state index in [9.17, 15) is 14.9 Å². The molecular weight excluding hydrogens is 370 g/mol. The summed E-state index contributed by atoms with van der Waals surface area (Å²) < 4.78 is 4.98. The van der Waals surface area contributed by atoms with Crippen molar-refractivity contribution in [3.8, 4) is 5.75 Å². The second-order valence-corrected chi connectivity index (χ2v) is 6.18. The number of benzene rings is 3. The van der Waals surface area contributed by atoms with E-state index in [4.69, 9.17) is 4.74 Å². The van der Waals surface area contributed by atoms with Crippen LogP contribution in [-0.2, 0) is 4.79 Å². The number of ether oxygens (including phenoxy) is 1. The van der Waals surface area contributed by atoms with Crippen LogP contribution in [0, 0.1) is 10.1 Å². The molecule has 29 heavy (non-hydrogen) atoms. The van der Waals surface area contributed by atoms with Crippen molar-refractivity contribution in [1.29, 1.82) is 0 Å². The molecule has 0 aliphatic rings. The highest BCUT2D eigenvalue weighted by Gasteiger charge is 2.22. The quantitative estimate of drug-likeness (QED) is 0.377. The van der Waals surface area contributed by atoms with Crippen molar-refractivity contribution in [2.24, 2.45) is 5.10 Å². The van der Waals surface area contributed by atoms with Crippen molar-refractivity contribution in [2.75, 3.05) is 7.11 Å². The van der Waals surface area contributed by atoms with E-state index in [1.807, 2.05) is 60.7 Å². The summed E-state index contributed by atoms with van der Waals surface area (Å²) in [5, 5.41) is 15.1. The number of hydrazone groups is 1. The summed E-state index contributed by atoms with van der Waals surface area (Å²) in [6.45, 7) is 0. The molecule has 3 aromatic rings. The van der Waals surface area contributed by atoms with Gasteiger partial charge in [0.05, 0.1) is 24.2 Å². The molecule has 0 saturated heterocycles. The highest BCUT2D eigenvalue weighted by atomic mass is 16.6. The fourth-order valence-corrected chi connectivity index (χ4v) is 2.95. The largest absolute Gasteiger partial charge is 0.490 e. The lowest BCUT2D eigenvalue weighted by atomic mass is 9.91. The molecule has 0 radical (unpaired) electrons. The molecule has 146 valence electrons. The van der Waals surface area contributed by atoms with Crippen molar-refractivity contribution >= 4 is 17.8 Å². The minimum Gasteiger partial charge on any atom is -0.490 e. The van der Waals surface area contributed by atoms with Crippen LogP contribution < -0.4 is 10.2 Å². The van der Waals surface area contributed by atoms with Crippen LogP contribution in [0.3, 0.4) is 0 Å². The number of nitrogens with one attached hydrogen (secondary N) is 1. The Morgan fingerprint density at radius 1 is 1.03 bits per heavy atom. The van der Waals surface area contributed by atoms with Gasteiger partial charge in [0, 0.05) is 11.6 Å². The molecule has 0 saturated carbocycles. The Kier molecular flexibility index (Phi) is 6.32. The third-order valence-corrected chi connectivity index (χ3v) is 4.32.